The number of ether oxygens (including phenoxy) is 1. The molecule has 0 fully saturated rings. The molecule has 0 spiro atoms. The van der Waals surface area contributed by atoms with E-state index in [0.29, 0.717) is 15.2 Å². The Balaban J connectivity index is 1.68. The monoisotopic (exact) mass is 441 g/mol. The number of alkyl halides is 3. The Morgan fingerprint density at radius 1 is 1.15 bits per heavy atom. The van der Waals surface area contributed by atoms with Gasteiger partial charge in [0.05, 0.1) is 11.9 Å². The zero-order chi connectivity index (χ0) is 18.6. The van der Waals surface area contributed by atoms with Crippen molar-refractivity contribution in [1.29, 1.82) is 0 Å². The third kappa shape index (κ3) is 5.30. The first kappa shape index (κ1) is 18.4. The molecule has 1 N–H and O–H groups in total. The highest BCUT2D eigenvalue weighted by Crippen LogP contribution is 2.27. The van der Waals surface area contributed by atoms with Crippen molar-refractivity contribution >= 4 is 38.6 Å². The van der Waals surface area contributed by atoms with Gasteiger partial charge in [-0.1, -0.05) is 46.3 Å². The molecule has 0 unspecified atom stereocenters. The van der Waals surface area contributed by atoms with Crippen LogP contribution in [0.2, 0.25) is 0 Å². The summed E-state index contributed by atoms with van der Waals surface area (Å²) in [5.74, 6) is -0.325. The number of hydrazone groups is 1. The van der Waals surface area contributed by atoms with Gasteiger partial charge in [0.1, 0.15) is 5.75 Å². The van der Waals surface area contributed by atoms with E-state index in [-0.39, 0.29) is 5.75 Å². The topological polar surface area (TPSA) is 46.5 Å². The van der Waals surface area contributed by atoms with Crippen LogP contribution in [0.1, 0.15) is 5.56 Å². The second-order valence-electron chi connectivity index (χ2n) is 5.04. The van der Waals surface area contributed by atoms with Gasteiger partial charge in [0.15, 0.2) is 0 Å². The van der Waals surface area contributed by atoms with Gasteiger partial charge in [0.25, 0.3) is 0 Å². The summed E-state index contributed by atoms with van der Waals surface area (Å²) >= 11 is 4.52. The van der Waals surface area contributed by atoms with Crippen LogP contribution < -0.4 is 10.2 Å². The summed E-state index contributed by atoms with van der Waals surface area (Å²) in [5.41, 5.74) is 5.01. The number of hydrogen-bond donors (Lipinski definition) is 1. The molecule has 0 bridgehead atoms. The first-order valence-electron chi connectivity index (χ1n) is 7.25. The van der Waals surface area contributed by atoms with E-state index in [2.05, 4.69) is 36.2 Å². The molecule has 3 aromatic rings. The fraction of sp³-hybridized carbons (Fsp3) is 0.0588. The number of hydrogen-bond acceptors (Lipinski definition) is 5. The number of aromatic nitrogens is 1. The van der Waals surface area contributed by atoms with Crippen molar-refractivity contribution in [1.82, 2.24) is 4.98 Å². The fourth-order valence-corrected chi connectivity index (χ4v) is 3.24. The normalized spacial score (nSPS) is 11.7. The third-order valence-corrected chi connectivity index (χ3v) is 4.28. The van der Waals surface area contributed by atoms with E-state index in [9.17, 15) is 13.2 Å². The van der Waals surface area contributed by atoms with E-state index in [4.69, 9.17) is 0 Å². The Kier molecular flexibility index (Phi) is 5.58. The van der Waals surface area contributed by atoms with Crippen LogP contribution in [0.3, 0.4) is 0 Å². The number of nitrogens with one attached hydrogen (secondary N) is 1. The zero-order valence-corrected chi connectivity index (χ0v) is 15.4. The molecular formula is C17H11BrF3N3OS. The minimum Gasteiger partial charge on any atom is -0.406 e. The van der Waals surface area contributed by atoms with Crippen molar-refractivity contribution in [2.24, 2.45) is 5.10 Å². The molecule has 0 saturated heterocycles. The SMILES string of the molecule is FC(F)(F)Oc1cc(Br)cc(C=NNc2nc(-c3ccccc3)cs2)c1. The Morgan fingerprint density at radius 3 is 2.65 bits per heavy atom. The molecule has 0 aliphatic carbocycles. The third-order valence-electron chi connectivity index (χ3n) is 3.07. The van der Waals surface area contributed by atoms with Crippen molar-refractivity contribution in [2.45, 2.75) is 6.36 Å². The summed E-state index contributed by atoms with van der Waals surface area (Å²) in [6.07, 6.45) is -3.36. The molecule has 9 heteroatoms. The Labute approximate surface area is 159 Å². The molecule has 1 aromatic heterocycles. The van der Waals surface area contributed by atoms with E-state index in [1.807, 2.05) is 35.7 Å². The smallest absolute Gasteiger partial charge is 0.406 e. The number of anilines is 1. The predicted octanol–water partition coefficient (Wildman–Crippen LogP) is 5.92. The van der Waals surface area contributed by atoms with Gasteiger partial charge in [-0.2, -0.15) is 5.10 Å². The standard InChI is InChI=1S/C17H11BrF3N3OS/c18-13-6-11(7-14(8-13)25-17(19,20)21)9-22-24-16-23-15(10-26-16)12-4-2-1-3-5-12/h1-10H,(H,23,24). The maximum absolute atomic E-state index is 12.3. The van der Waals surface area contributed by atoms with Crippen LogP contribution in [0.4, 0.5) is 18.3 Å². The summed E-state index contributed by atoms with van der Waals surface area (Å²) in [7, 11) is 0. The van der Waals surface area contributed by atoms with Crippen LogP contribution in [0.5, 0.6) is 5.75 Å². The van der Waals surface area contributed by atoms with Crippen LogP contribution in [0.25, 0.3) is 11.3 Å². The molecule has 0 atom stereocenters. The number of rotatable bonds is 5. The van der Waals surface area contributed by atoms with Gasteiger partial charge in [-0.3, -0.25) is 5.43 Å². The second kappa shape index (κ2) is 7.88. The van der Waals surface area contributed by atoms with Crippen molar-refractivity contribution in [3.05, 3.63) is 63.9 Å². The molecule has 0 saturated carbocycles. The Hall–Kier alpha value is -2.39. The van der Waals surface area contributed by atoms with Gasteiger partial charge in [-0.25, -0.2) is 4.98 Å². The molecule has 0 aliphatic rings. The second-order valence-corrected chi connectivity index (χ2v) is 6.82. The lowest BCUT2D eigenvalue weighted by atomic mass is 10.2. The van der Waals surface area contributed by atoms with Crippen molar-refractivity contribution < 1.29 is 17.9 Å². The number of nitrogens with zero attached hydrogens (tertiary/aromatic N) is 2. The molecule has 0 amide bonds. The van der Waals surface area contributed by atoms with Crippen LogP contribution in [0.15, 0.2) is 63.5 Å². The van der Waals surface area contributed by atoms with Crippen molar-refractivity contribution in [2.75, 3.05) is 5.43 Å². The zero-order valence-electron chi connectivity index (χ0n) is 13.0. The maximum atomic E-state index is 12.3. The van der Waals surface area contributed by atoms with E-state index in [1.165, 1.54) is 29.7 Å². The van der Waals surface area contributed by atoms with Crippen LogP contribution >= 0.6 is 27.3 Å². The molecule has 2 aromatic carbocycles. The first-order chi connectivity index (χ1) is 12.4. The van der Waals surface area contributed by atoms with Gasteiger partial charge in [0.2, 0.25) is 5.13 Å². The highest BCUT2D eigenvalue weighted by molar-refractivity contribution is 9.10. The summed E-state index contributed by atoms with van der Waals surface area (Å²) < 4.78 is 41.4. The minimum atomic E-state index is -4.75. The van der Waals surface area contributed by atoms with Crippen molar-refractivity contribution in [3.63, 3.8) is 0 Å². The van der Waals surface area contributed by atoms with Crippen molar-refractivity contribution in [3.8, 4) is 17.0 Å². The lowest BCUT2D eigenvalue weighted by Gasteiger charge is -2.09. The maximum Gasteiger partial charge on any atom is 0.573 e. The number of thiazole rings is 1. The molecular weight excluding hydrogens is 431 g/mol. The average molecular weight is 442 g/mol. The minimum absolute atomic E-state index is 0.325. The summed E-state index contributed by atoms with van der Waals surface area (Å²) in [6.45, 7) is 0. The summed E-state index contributed by atoms with van der Waals surface area (Å²) in [4.78, 5) is 4.41. The number of halogens is 4. The summed E-state index contributed by atoms with van der Waals surface area (Å²) in [5, 5.41) is 6.47. The van der Waals surface area contributed by atoms with E-state index >= 15 is 0 Å². The lowest BCUT2D eigenvalue weighted by Crippen LogP contribution is -2.17. The van der Waals surface area contributed by atoms with Gasteiger partial charge >= 0.3 is 6.36 Å². The predicted molar refractivity (Wildman–Crippen MR) is 99.6 cm³/mol. The van der Waals surface area contributed by atoms with Crippen LogP contribution in [-0.4, -0.2) is 17.6 Å². The summed E-state index contributed by atoms with van der Waals surface area (Å²) in [6, 6.07) is 13.8. The van der Waals surface area contributed by atoms with Gasteiger partial charge in [0, 0.05) is 15.4 Å². The molecule has 0 aliphatic heterocycles. The Bertz CT molecular complexity index is 913. The van der Waals surface area contributed by atoms with E-state index in [0.717, 1.165) is 11.3 Å². The molecule has 3 rings (SSSR count). The van der Waals surface area contributed by atoms with Crippen LogP contribution in [0, 0.1) is 0 Å². The van der Waals surface area contributed by atoms with E-state index < -0.39 is 6.36 Å². The largest absolute Gasteiger partial charge is 0.573 e. The van der Waals surface area contributed by atoms with E-state index in [1.54, 1.807) is 6.07 Å². The van der Waals surface area contributed by atoms with Gasteiger partial charge in [-0.05, 0) is 23.8 Å². The first-order valence-corrected chi connectivity index (χ1v) is 8.93. The molecule has 1 heterocycles. The van der Waals surface area contributed by atoms with Gasteiger partial charge in [-0.15, -0.1) is 24.5 Å². The van der Waals surface area contributed by atoms with Gasteiger partial charge < -0.3 is 4.74 Å². The molecule has 134 valence electrons. The van der Waals surface area contributed by atoms with Crippen LogP contribution in [-0.2, 0) is 0 Å². The lowest BCUT2D eigenvalue weighted by molar-refractivity contribution is -0.274. The molecule has 4 nitrogen and oxygen atoms in total. The molecule has 26 heavy (non-hydrogen) atoms. The highest BCUT2D eigenvalue weighted by atomic mass is 79.9. The average Bonchev–Trinajstić information content (AvgIpc) is 3.02. The quantitative estimate of drug-likeness (QED) is 0.394. The Morgan fingerprint density at radius 2 is 1.92 bits per heavy atom. The molecule has 0 radical (unpaired) electrons. The highest BCUT2D eigenvalue weighted by Gasteiger charge is 2.31. The fourth-order valence-electron chi connectivity index (χ4n) is 2.08. The number of benzene rings is 2.